The van der Waals surface area contributed by atoms with E-state index in [9.17, 15) is 9.50 Å². The minimum atomic E-state index is -0.724. The highest BCUT2D eigenvalue weighted by molar-refractivity contribution is 6.30. The fourth-order valence-electron chi connectivity index (χ4n) is 1.49. The number of hydrogen-bond donors (Lipinski definition) is 1. The van der Waals surface area contributed by atoms with Gasteiger partial charge < -0.3 is 5.11 Å². The van der Waals surface area contributed by atoms with Crippen molar-refractivity contribution in [2.24, 2.45) is 0 Å². The first-order valence-corrected chi connectivity index (χ1v) is 5.41. The zero-order chi connectivity index (χ0) is 12.3. The summed E-state index contributed by atoms with van der Waals surface area (Å²) in [7, 11) is 0. The van der Waals surface area contributed by atoms with E-state index in [-0.39, 0.29) is 5.02 Å². The number of nitrogens with zero attached hydrogens (tertiary/aromatic N) is 2. The molecule has 0 radical (unpaired) electrons. The largest absolute Gasteiger partial charge is 0.388 e. The summed E-state index contributed by atoms with van der Waals surface area (Å²) in [6.45, 7) is 0. The molecule has 1 unspecified atom stereocenters. The standard InChI is InChI=1S/C12H10ClFN2O/c13-10-3-8(1-2-11(10)14)4-12(17)9-5-15-7-16-6-9/h1-3,5-7,12,17H,4H2. The van der Waals surface area contributed by atoms with E-state index in [4.69, 9.17) is 11.6 Å². The van der Waals surface area contributed by atoms with Gasteiger partial charge in [0.15, 0.2) is 0 Å². The number of halogens is 2. The summed E-state index contributed by atoms with van der Waals surface area (Å²) >= 11 is 5.66. The predicted octanol–water partition coefficient (Wildman–Crippen LogP) is 2.55. The van der Waals surface area contributed by atoms with E-state index < -0.39 is 11.9 Å². The molecular formula is C12H10ClFN2O. The Balaban J connectivity index is 2.13. The van der Waals surface area contributed by atoms with E-state index in [0.29, 0.717) is 12.0 Å². The SMILES string of the molecule is OC(Cc1ccc(F)c(Cl)c1)c1cncnc1. The molecule has 0 fully saturated rings. The maximum Gasteiger partial charge on any atom is 0.141 e. The fourth-order valence-corrected chi connectivity index (χ4v) is 1.69. The molecule has 1 heterocycles. The number of aromatic nitrogens is 2. The number of benzene rings is 1. The lowest BCUT2D eigenvalue weighted by Gasteiger charge is -2.10. The van der Waals surface area contributed by atoms with Crippen LogP contribution in [0.3, 0.4) is 0 Å². The Morgan fingerprint density at radius 2 is 2.00 bits per heavy atom. The van der Waals surface area contributed by atoms with Crippen LogP contribution in [-0.2, 0) is 6.42 Å². The van der Waals surface area contributed by atoms with Crippen molar-refractivity contribution in [2.45, 2.75) is 12.5 Å². The van der Waals surface area contributed by atoms with Gasteiger partial charge in [-0.3, -0.25) is 0 Å². The van der Waals surface area contributed by atoms with Gasteiger partial charge >= 0.3 is 0 Å². The normalized spacial score (nSPS) is 12.4. The molecule has 0 aliphatic carbocycles. The molecular weight excluding hydrogens is 243 g/mol. The van der Waals surface area contributed by atoms with E-state index >= 15 is 0 Å². The van der Waals surface area contributed by atoms with Crippen LogP contribution in [0.25, 0.3) is 0 Å². The van der Waals surface area contributed by atoms with Crippen molar-refractivity contribution < 1.29 is 9.50 Å². The average Bonchev–Trinajstić information content (AvgIpc) is 2.35. The molecule has 0 bridgehead atoms. The third kappa shape index (κ3) is 2.99. The second-order valence-corrected chi connectivity index (χ2v) is 4.05. The fraction of sp³-hybridized carbons (Fsp3) is 0.167. The van der Waals surface area contributed by atoms with Gasteiger partial charge in [-0.15, -0.1) is 0 Å². The molecule has 5 heteroatoms. The Morgan fingerprint density at radius 1 is 1.29 bits per heavy atom. The number of rotatable bonds is 3. The summed E-state index contributed by atoms with van der Waals surface area (Å²) < 4.78 is 12.9. The van der Waals surface area contributed by atoms with Crippen LogP contribution in [0, 0.1) is 5.82 Å². The van der Waals surface area contributed by atoms with Crippen LogP contribution in [-0.4, -0.2) is 15.1 Å². The Labute approximate surface area is 103 Å². The molecule has 88 valence electrons. The van der Waals surface area contributed by atoms with Crippen molar-refractivity contribution >= 4 is 11.6 Å². The van der Waals surface area contributed by atoms with Crippen LogP contribution in [0.5, 0.6) is 0 Å². The third-order valence-electron chi connectivity index (χ3n) is 2.38. The van der Waals surface area contributed by atoms with Crippen molar-refractivity contribution in [1.82, 2.24) is 9.97 Å². The molecule has 0 aliphatic rings. The van der Waals surface area contributed by atoms with E-state index in [1.807, 2.05) is 0 Å². The smallest absolute Gasteiger partial charge is 0.141 e. The number of aliphatic hydroxyl groups excluding tert-OH is 1. The van der Waals surface area contributed by atoms with Gasteiger partial charge in [-0.05, 0) is 17.7 Å². The quantitative estimate of drug-likeness (QED) is 0.913. The van der Waals surface area contributed by atoms with Crippen LogP contribution in [0.2, 0.25) is 5.02 Å². The minimum absolute atomic E-state index is 0.0546. The molecule has 0 amide bonds. The minimum Gasteiger partial charge on any atom is -0.388 e. The topological polar surface area (TPSA) is 46.0 Å². The summed E-state index contributed by atoms with van der Waals surface area (Å²) in [6, 6.07) is 4.38. The molecule has 17 heavy (non-hydrogen) atoms. The Bertz CT molecular complexity index is 507. The molecule has 0 saturated carbocycles. The summed E-state index contributed by atoms with van der Waals surface area (Å²) in [4.78, 5) is 7.64. The molecule has 0 spiro atoms. The van der Waals surface area contributed by atoms with Crippen LogP contribution >= 0.6 is 11.6 Å². The van der Waals surface area contributed by atoms with Crippen molar-refractivity contribution in [3.63, 3.8) is 0 Å². The monoisotopic (exact) mass is 252 g/mol. The lowest BCUT2D eigenvalue weighted by molar-refractivity contribution is 0.177. The molecule has 1 N–H and O–H groups in total. The van der Waals surface area contributed by atoms with Crippen molar-refractivity contribution in [3.05, 3.63) is 58.9 Å². The first-order valence-electron chi connectivity index (χ1n) is 5.03. The highest BCUT2D eigenvalue weighted by Gasteiger charge is 2.10. The first kappa shape index (κ1) is 12.0. The third-order valence-corrected chi connectivity index (χ3v) is 2.67. The molecule has 3 nitrogen and oxygen atoms in total. The second-order valence-electron chi connectivity index (χ2n) is 3.64. The highest BCUT2D eigenvalue weighted by atomic mass is 35.5. The predicted molar refractivity (Wildman–Crippen MR) is 62.1 cm³/mol. The summed E-state index contributed by atoms with van der Waals surface area (Å²) in [5.74, 6) is -0.465. The van der Waals surface area contributed by atoms with Gasteiger partial charge in [0.2, 0.25) is 0 Å². The lowest BCUT2D eigenvalue weighted by Crippen LogP contribution is -2.03. The molecule has 2 rings (SSSR count). The maximum atomic E-state index is 12.9. The van der Waals surface area contributed by atoms with Crippen molar-refractivity contribution in [3.8, 4) is 0 Å². The van der Waals surface area contributed by atoms with Crippen LogP contribution in [0.4, 0.5) is 4.39 Å². The first-order chi connectivity index (χ1) is 8.16. The maximum absolute atomic E-state index is 12.9. The number of hydrogen-bond acceptors (Lipinski definition) is 3. The number of aliphatic hydroxyl groups is 1. The van der Waals surface area contributed by atoms with Crippen LogP contribution in [0.1, 0.15) is 17.2 Å². The molecule has 1 aromatic heterocycles. The van der Waals surface area contributed by atoms with Gasteiger partial charge in [0.05, 0.1) is 11.1 Å². The van der Waals surface area contributed by atoms with E-state index in [0.717, 1.165) is 5.56 Å². The van der Waals surface area contributed by atoms with Crippen LogP contribution < -0.4 is 0 Å². The molecule has 0 aliphatic heterocycles. The van der Waals surface area contributed by atoms with Crippen molar-refractivity contribution in [2.75, 3.05) is 0 Å². The van der Waals surface area contributed by atoms with Gasteiger partial charge in [-0.1, -0.05) is 17.7 Å². The van der Waals surface area contributed by atoms with Gasteiger partial charge in [-0.25, -0.2) is 14.4 Å². The van der Waals surface area contributed by atoms with E-state index in [1.54, 1.807) is 18.5 Å². The van der Waals surface area contributed by atoms with Crippen LogP contribution in [0.15, 0.2) is 36.9 Å². The van der Waals surface area contributed by atoms with Gasteiger partial charge in [0, 0.05) is 24.4 Å². The molecule has 0 saturated heterocycles. The lowest BCUT2D eigenvalue weighted by atomic mass is 10.0. The zero-order valence-electron chi connectivity index (χ0n) is 8.85. The summed E-state index contributed by atoms with van der Waals surface area (Å²) in [6.07, 6.45) is 4.10. The van der Waals surface area contributed by atoms with Gasteiger partial charge in [0.25, 0.3) is 0 Å². The summed E-state index contributed by atoms with van der Waals surface area (Å²) in [5.41, 5.74) is 1.38. The van der Waals surface area contributed by atoms with E-state index in [2.05, 4.69) is 9.97 Å². The second kappa shape index (κ2) is 5.21. The van der Waals surface area contributed by atoms with Gasteiger partial charge in [-0.2, -0.15) is 0 Å². The van der Waals surface area contributed by atoms with E-state index in [1.165, 1.54) is 18.5 Å². The Hall–Kier alpha value is -1.52. The molecule has 1 aromatic carbocycles. The Kier molecular flexibility index (Phi) is 3.66. The summed E-state index contributed by atoms with van der Waals surface area (Å²) in [5, 5.41) is 9.97. The molecule has 2 aromatic rings. The Morgan fingerprint density at radius 3 is 2.65 bits per heavy atom. The van der Waals surface area contributed by atoms with Gasteiger partial charge in [0.1, 0.15) is 12.1 Å². The average molecular weight is 253 g/mol. The zero-order valence-corrected chi connectivity index (χ0v) is 9.60. The van der Waals surface area contributed by atoms with Crippen molar-refractivity contribution in [1.29, 1.82) is 0 Å². The molecule has 1 atom stereocenters. The highest BCUT2D eigenvalue weighted by Crippen LogP contribution is 2.21.